The number of amides is 1. The molecule has 0 aromatic heterocycles. The summed E-state index contributed by atoms with van der Waals surface area (Å²) in [4.78, 5) is 25.0. The third-order valence-electron chi connectivity index (χ3n) is 4.67. The second-order valence-corrected chi connectivity index (χ2v) is 6.69. The maximum atomic E-state index is 13.6. The molecule has 7 heteroatoms. The molecule has 1 aromatic rings. The molecule has 0 spiro atoms. The Morgan fingerprint density at radius 1 is 1.25 bits per heavy atom. The molecule has 2 N–H and O–H groups in total. The van der Waals surface area contributed by atoms with E-state index in [1.54, 1.807) is 0 Å². The number of carboxylic acid groups (broad SMARTS) is 1. The van der Waals surface area contributed by atoms with Crippen LogP contribution in [-0.4, -0.2) is 47.1 Å². The van der Waals surface area contributed by atoms with E-state index in [9.17, 15) is 18.4 Å². The number of carbonyl (C=O) groups excluding carboxylic acids is 1. The summed E-state index contributed by atoms with van der Waals surface area (Å²) < 4.78 is 26.7. The molecule has 0 radical (unpaired) electrons. The number of nitrogens with zero attached hydrogens (tertiary/aromatic N) is 1. The Labute approximate surface area is 138 Å². The van der Waals surface area contributed by atoms with Crippen molar-refractivity contribution in [3.8, 4) is 0 Å². The summed E-state index contributed by atoms with van der Waals surface area (Å²) in [5.41, 5.74) is -0.307. The number of hydrogen-bond donors (Lipinski definition) is 2. The highest BCUT2D eigenvalue weighted by Crippen LogP contribution is 2.33. The fraction of sp³-hybridized carbons (Fsp3) is 0.529. The van der Waals surface area contributed by atoms with Crippen LogP contribution in [0.1, 0.15) is 36.0 Å². The van der Waals surface area contributed by atoms with E-state index in [0.717, 1.165) is 37.6 Å². The molecule has 130 valence electrons. The molecule has 5 nitrogen and oxygen atoms in total. The van der Waals surface area contributed by atoms with Gasteiger partial charge in [0.2, 0.25) is 0 Å². The number of rotatable bonds is 7. The van der Waals surface area contributed by atoms with Gasteiger partial charge in [0, 0.05) is 18.6 Å². The van der Waals surface area contributed by atoms with Gasteiger partial charge in [0.15, 0.2) is 0 Å². The van der Waals surface area contributed by atoms with Gasteiger partial charge in [-0.25, -0.2) is 8.78 Å². The van der Waals surface area contributed by atoms with E-state index in [1.807, 2.05) is 4.90 Å². The van der Waals surface area contributed by atoms with Crippen LogP contribution in [0.2, 0.25) is 0 Å². The predicted octanol–water partition coefficient (Wildman–Crippen LogP) is 2.02. The lowest BCUT2D eigenvalue weighted by molar-refractivity contribution is -0.139. The lowest BCUT2D eigenvalue weighted by atomic mass is 9.85. The molecule has 0 aliphatic heterocycles. The van der Waals surface area contributed by atoms with E-state index in [1.165, 1.54) is 0 Å². The number of carboxylic acids is 1. The van der Waals surface area contributed by atoms with Gasteiger partial charge in [0.05, 0.1) is 12.1 Å². The van der Waals surface area contributed by atoms with Gasteiger partial charge < -0.3 is 10.4 Å². The number of halogens is 2. The number of benzene rings is 1. The zero-order valence-corrected chi connectivity index (χ0v) is 13.2. The average Bonchev–Trinajstić information content (AvgIpc) is 3.27. The van der Waals surface area contributed by atoms with Crippen LogP contribution in [-0.2, 0) is 4.79 Å². The summed E-state index contributed by atoms with van der Waals surface area (Å²) in [6, 6.07) is 2.75. The summed E-state index contributed by atoms with van der Waals surface area (Å²) in [5.74, 6) is -2.33. The van der Waals surface area contributed by atoms with E-state index in [0.29, 0.717) is 18.8 Å². The molecule has 1 aromatic carbocycles. The molecule has 0 saturated heterocycles. The first-order valence-electron chi connectivity index (χ1n) is 8.14. The standard InChI is InChI=1S/C17H20F2N2O3/c18-11-3-4-15(19)14(5-11)17(24)20-12-6-13(7-12)21(9-16(22)23)8-10-1-2-10/h3-5,10,12-13H,1-2,6-9H2,(H,20,24)(H,22,23). The minimum Gasteiger partial charge on any atom is -0.480 e. The Morgan fingerprint density at radius 3 is 2.58 bits per heavy atom. The highest BCUT2D eigenvalue weighted by atomic mass is 19.1. The van der Waals surface area contributed by atoms with E-state index < -0.39 is 23.5 Å². The Bertz CT molecular complexity index is 643. The molecule has 1 amide bonds. The second-order valence-electron chi connectivity index (χ2n) is 6.69. The maximum absolute atomic E-state index is 13.6. The zero-order chi connectivity index (χ0) is 17.3. The fourth-order valence-electron chi connectivity index (χ4n) is 3.09. The molecule has 0 bridgehead atoms. The lowest BCUT2D eigenvalue weighted by Crippen LogP contribution is -2.55. The first kappa shape index (κ1) is 16.8. The summed E-state index contributed by atoms with van der Waals surface area (Å²) >= 11 is 0. The summed E-state index contributed by atoms with van der Waals surface area (Å²) in [6.45, 7) is 0.774. The van der Waals surface area contributed by atoms with Gasteiger partial charge in [-0.1, -0.05) is 0 Å². The average molecular weight is 338 g/mol. The summed E-state index contributed by atoms with van der Waals surface area (Å²) in [7, 11) is 0. The molecule has 2 aliphatic rings. The smallest absolute Gasteiger partial charge is 0.317 e. The lowest BCUT2D eigenvalue weighted by Gasteiger charge is -2.42. The van der Waals surface area contributed by atoms with Crippen molar-refractivity contribution in [1.29, 1.82) is 0 Å². The molecule has 0 unspecified atom stereocenters. The number of hydrogen-bond acceptors (Lipinski definition) is 3. The van der Waals surface area contributed by atoms with Crippen LogP contribution in [0, 0.1) is 17.6 Å². The third kappa shape index (κ3) is 4.08. The first-order valence-corrected chi connectivity index (χ1v) is 8.14. The van der Waals surface area contributed by atoms with Gasteiger partial charge in [-0.15, -0.1) is 0 Å². The van der Waals surface area contributed by atoms with Crippen molar-refractivity contribution in [3.63, 3.8) is 0 Å². The van der Waals surface area contributed by atoms with Gasteiger partial charge in [0.1, 0.15) is 11.6 Å². The quantitative estimate of drug-likeness (QED) is 0.798. The number of nitrogens with one attached hydrogen (secondary N) is 1. The Balaban J connectivity index is 1.52. The van der Waals surface area contributed by atoms with Crippen LogP contribution < -0.4 is 5.32 Å². The van der Waals surface area contributed by atoms with Crippen molar-refractivity contribution < 1.29 is 23.5 Å². The molecule has 24 heavy (non-hydrogen) atoms. The van der Waals surface area contributed by atoms with Crippen LogP contribution >= 0.6 is 0 Å². The highest BCUT2D eigenvalue weighted by Gasteiger charge is 2.38. The minimum absolute atomic E-state index is 0.000355. The predicted molar refractivity (Wildman–Crippen MR) is 82.6 cm³/mol. The van der Waals surface area contributed by atoms with Crippen LogP contribution in [0.3, 0.4) is 0 Å². The fourth-order valence-corrected chi connectivity index (χ4v) is 3.09. The van der Waals surface area contributed by atoms with Crippen molar-refractivity contribution in [3.05, 3.63) is 35.4 Å². The molecule has 2 saturated carbocycles. The van der Waals surface area contributed by atoms with Crippen molar-refractivity contribution in [2.24, 2.45) is 5.92 Å². The van der Waals surface area contributed by atoms with E-state index in [2.05, 4.69) is 5.32 Å². The van der Waals surface area contributed by atoms with Gasteiger partial charge in [-0.2, -0.15) is 0 Å². The van der Waals surface area contributed by atoms with Crippen LogP contribution in [0.5, 0.6) is 0 Å². The van der Waals surface area contributed by atoms with Crippen LogP contribution in [0.25, 0.3) is 0 Å². The van der Waals surface area contributed by atoms with Crippen molar-refractivity contribution in [2.45, 2.75) is 37.8 Å². The van der Waals surface area contributed by atoms with Crippen LogP contribution in [0.4, 0.5) is 8.78 Å². The topological polar surface area (TPSA) is 69.6 Å². The normalized spacial score (nSPS) is 23.0. The maximum Gasteiger partial charge on any atom is 0.317 e. The zero-order valence-electron chi connectivity index (χ0n) is 13.2. The van der Waals surface area contributed by atoms with E-state index >= 15 is 0 Å². The van der Waals surface area contributed by atoms with Gasteiger partial charge in [0.25, 0.3) is 5.91 Å². The monoisotopic (exact) mass is 338 g/mol. The number of aliphatic carboxylic acids is 1. The van der Waals surface area contributed by atoms with Crippen molar-refractivity contribution in [2.75, 3.05) is 13.1 Å². The first-order chi connectivity index (χ1) is 11.4. The molecule has 2 aliphatic carbocycles. The largest absolute Gasteiger partial charge is 0.480 e. The Hall–Kier alpha value is -2.02. The SMILES string of the molecule is O=C(O)CN(CC1CC1)C1CC(NC(=O)c2cc(F)ccc2F)C1. The van der Waals surface area contributed by atoms with Crippen molar-refractivity contribution in [1.82, 2.24) is 10.2 Å². The molecule has 0 atom stereocenters. The molecular formula is C17H20F2N2O3. The van der Waals surface area contributed by atoms with Crippen LogP contribution in [0.15, 0.2) is 18.2 Å². The molecule has 3 rings (SSSR count). The van der Waals surface area contributed by atoms with Gasteiger partial charge in [-0.05, 0) is 49.8 Å². The van der Waals surface area contributed by atoms with E-state index in [-0.39, 0.29) is 24.2 Å². The molecule has 0 heterocycles. The van der Waals surface area contributed by atoms with E-state index in [4.69, 9.17) is 5.11 Å². The minimum atomic E-state index is -0.857. The summed E-state index contributed by atoms with van der Waals surface area (Å²) in [5, 5.41) is 11.7. The molecular weight excluding hydrogens is 318 g/mol. The van der Waals surface area contributed by atoms with Gasteiger partial charge >= 0.3 is 5.97 Å². The van der Waals surface area contributed by atoms with Gasteiger partial charge in [-0.3, -0.25) is 14.5 Å². The number of carbonyl (C=O) groups is 2. The Kier molecular flexibility index (Phi) is 4.80. The molecule has 2 fully saturated rings. The highest BCUT2D eigenvalue weighted by molar-refractivity contribution is 5.94. The van der Waals surface area contributed by atoms with Crippen molar-refractivity contribution >= 4 is 11.9 Å². The summed E-state index contributed by atoms with van der Waals surface area (Å²) in [6.07, 6.45) is 3.54. The third-order valence-corrected chi connectivity index (χ3v) is 4.67. The Morgan fingerprint density at radius 2 is 1.96 bits per heavy atom. The second kappa shape index (κ2) is 6.84.